The molecule has 0 radical (unpaired) electrons. The topological polar surface area (TPSA) is 82.2 Å². The van der Waals surface area contributed by atoms with Crippen LogP contribution < -0.4 is 10.2 Å². The molecule has 4 atom stereocenters. The molecule has 0 bridgehead atoms. The zero-order valence-corrected chi connectivity index (χ0v) is 21.4. The number of nitrogens with one attached hydrogen (secondary N) is 1. The van der Waals surface area contributed by atoms with Crippen molar-refractivity contribution in [1.82, 2.24) is 15.1 Å². The predicted octanol–water partition coefficient (Wildman–Crippen LogP) is 2.03. The average molecular weight is 507 g/mol. The van der Waals surface area contributed by atoms with Gasteiger partial charge in [0, 0.05) is 44.0 Å². The smallest absolute Gasteiger partial charge is 0.251 e. The van der Waals surface area contributed by atoms with E-state index in [1.165, 1.54) is 11.8 Å². The van der Waals surface area contributed by atoms with Crippen LogP contribution in [0.2, 0.25) is 0 Å². The van der Waals surface area contributed by atoms with E-state index in [9.17, 15) is 23.2 Å². The molecule has 36 heavy (non-hydrogen) atoms. The number of halogens is 2. The van der Waals surface area contributed by atoms with Crippen molar-refractivity contribution in [2.24, 2.45) is 11.8 Å². The highest BCUT2D eigenvalue weighted by molar-refractivity contribution is 6.00. The highest BCUT2D eigenvalue weighted by atomic mass is 19.3. The van der Waals surface area contributed by atoms with E-state index in [1.54, 1.807) is 12.1 Å². The Kier molecular flexibility index (Phi) is 7.66. The number of ether oxygens (including phenoxy) is 1. The lowest BCUT2D eigenvalue weighted by Gasteiger charge is -2.35. The van der Waals surface area contributed by atoms with Gasteiger partial charge in [-0.05, 0) is 50.6 Å². The molecule has 8 nitrogen and oxygen atoms in total. The summed E-state index contributed by atoms with van der Waals surface area (Å²) in [6, 6.07) is 6.31. The summed E-state index contributed by atoms with van der Waals surface area (Å²) in [4.78, 5) is 45.2. The zero-order chi connectivity index (χ0) is 26.2. The second kappa shape index (κ2) is 10.4. The number of benzene rings is 1. The van der Waals surface area contributed by atoms with E-state index in [-0.39, 0.29) is 19.1 Å². The number of likely N-dealkylation sites (N-methyl/N-ethyl adjacent to an activating group) is 1. The molecule has 0 aliphatic carbocycles. The van der Waals surface area contributed by atoms with E-state index in [0.29, 0.717) is 12.0 Å². The summed E-state index contributed by atoms with van der Waals surface area (Å²) in [6.07, 6.45) is -3.46. The summed E-state index contributed by atoms with van der Waals surface area (Å²) in [5.41, 5.74) is -0.0172. The fourth-order valence-corrected chi connectivity index (χ4v) is 5.51. The lowest BCUT2D eigenvalue weighted by atomic mass is 9.88. The van der Waals surface area contributed by atoms with Crippen molar-refractivity contribution in [2.75, 3.05) is 51.3 Å². The van der Waals surface area contributed by atoms with Crippen molar-refractivity contribution in [3.63, 3.8) is 0 Å². The van der Waals surface area contributed by atoms with Gasteiger partial charge in [0.1, 0.15) is 18.2 Å². The average Bonchev–Trinajstić information content (AvgIpc) is 3.31. The summed E-state index contributed by atoms with van der Waals surface area (Å²) in [6.45, 7) is 8.50. The highest BCUT2D eigenvalue weighted by Crippen LogP contribution is 2.43. The minimum atomic E-state index is -2.73. The number of piperazine rings is 1. The molecule has 3 aliphatic heterocycles. The van der Waals surface area contributed by atoms with Gasteiger partial charge in [-0.3, -0.25) is 14.4 Å². The van der Waals surface area contributed by atoms with Gasteiger partial charge < -0.3 is 24.8 Å². The number of carbonyl (C=O) groups is 3. The Morgan fingerprint density at radius 3 is 2.36 bits per heavy atom. The lowest BCUT2D eigenvalue weighted by Crippen LogP contribution is -2.58. The first-order chi connectivity index (χ1) is 17.0. The van der Waals surface area contributed by atoms with Gasteiger partial charge in [0.15, 0.2) is 5.78 Å². The predicted molar refractivity (Wildman–Crippen MR) is 131 cm³/mol. The normalized spacial score (nSPS) is 27.6. The number of ketones is 1. The maximum Gasteiger partial charge on any atom is 0.251 e. The molecule has 3 fully saturated rings. The molecule has 3 aliphatic rings. The van der Waals surface area contributed by atoms with Crippen molar-refractivity contribution >= 4 is 23.3 Å². The van der Waals surface area contributed by atoms with E-state index >= 15 is 0 Å². The Morgan fingerprint density at radius 1 is 1.14 bits per heavy atom. The van der Waals surface area contributed by atoms with Crippen LogP contribution in [0.3, 0.4) is 0 Å². The van der Waals surface area contributed by atoms with E-state index in [0.717, 1.165) is 31.9 Å². The van der Waals surface area contributed by atoms with E-state index in [1.807, 2.05) is 26.0 Å². The molecule has 4 rings (SSSR count). The summed E-state index contributed by atoms with van der Waals surface area (Å²) in [7, 11) is 2.09. The van der Waals surface area contributed by atoms with Crippen LogP contribution in [0.25, 0.3) is 0 Å². The molecule has 1 unspecified atom stereocenters. The SMILES string of the molecule is CC(C)C[C@H](NC(=O)c1ccc(N2CCN(C)CC2)cc1)C(=O)N1C[C@H](C(F)F)[C@H]2OCC(=O)C21C. The number of amides is 2. The second-order valence-electron chi connectivity index (χ2n) is 10.7. The number of nitrogens with zero attached hydrogens (tertiary/aromatic N) is 3. The third-order valence-electron chi connectivity index (χ3n) is 7.75. The van der Waals surface area contributed by atoms with Gasteiger partial charge >= 0.3 is 0 Å². The number of hydrogen-bond donors (Lipinski definition) is 1. The molecule has 0 spiro atoms. The minimum Gasteiger partial charge on any atom is -0.369 e. The minimum absolute atomic E-state index is 0.0477. The summed E-state index contributed by atoms with van der Waals surface area (Å²) >= 11 is 0. The summed E-state index contributed by atoms with van der Waals surface area (Å²) in [5.74, 6) is -2.53. The van der Waals surface area contributed by atoms with Crippen LogP contribution >= 0.6 is 0 Å². The summed E-state index contributed by atoms with van der Waals surface area (Å²) < 4.78 is 32.9. The number of fused-ring (bicyclic) bond motifs is 1. The van der Waals surface area contributed by atoms with Crippen LogP contribution in [0.5, 0.6) is 0 Å². The van der Waals surface area contributed by atoms with Crippen LogP contribution in [-0.2, 0) is 14.3 Å². The van der Waals surface area contributed by atoms with Crippen LogP contribution in [0, 0.1) is 11.8 Å². The first-order valence-corrected chi connectivity index (χ1v) is 12.6. The first kappa shape index (κ1) is 26.5. The molecule has 2 amide bonds. The zero-order valence-electron chi connectivity index (χ0n) is 21.4. The Labute approximate surface area is 210 Å². The van der Waals surface area contributed by atoms with Crippen molar-refractivity contribution < 1.29 is 27.9 Å². The number of carbonyl (C=O) groups excluding carboxylic acids is 3. The van der Waals surface area contributed by atoms with Crippen molar-refractivity contribution in [3.05, 3.63) is 29.8 Å². The molecule has 198 valence electrons. The number of anilines is 1. The Hall–Kier alpha value is -2.59. The van der Waals surface area contributed by atoms with Crippen LogP contribution in [0.1, 0.15) is 37.6 Å². The number of alkyl halides is 2. The maximum atomic E-state index is 13.7. The Morgan fingerprint density at radius 2 is 1.78 bits per heavy atom. The number of likely N-dealkylation sites (tertiary alicyclic amines) is 1. The van der Waals surface area contributed by atoms with Crippen molar-refractivity contribution in [1.29, 1.82) is 0 Å². The van der Waals surface area contributed by atoms with Gasteiger partial charge in [0.25, 0.3) is 5.91 Å². The fourth-order valence-electron chi connectivity index (χ4n) is 5.51. The van der Waals surface area contributed by atoms with Crippen LogP contribution in [0.4, 0.5) is 14.5 Å². The van der Waals surface area contributed by atoms with Crippen molar-refractivity contribution in [3.8, 4) is 0 Å². The highest BCUT2D eigenvalue weighted by Gasteiger charge is 2.63. The number of rotatable bonds is 7. The number of hydrogen-bond acceptors (Lipinski definition) is 6. The molecular formula is C26H36F2N4O4. The van der Waals surface area contributed by atoms with Crippen molar-refractivity contribution in [2.45, 2.75) is 51.3 Å². The van der Waals surface area contributed by atoms with Crippen LogP contribution in [-0.4, -0.2) is 97.9 Å². The molecule has 0 saturated carbocycles. The third-order valence-corrected chi connectivity index (χ3v) is 7.75. The summed E-state index contributed by atoms with van der Waals surface area (Å²) in [5, 5.41) is 2.81. The molecular weight excluding hydrogens is 470 g/mol. The van der Waals surface area contributed by atoms with Gasteiger partial charge in [-0.2, -0.15) is 0 Å². The third kappa shape index (κ3) is 4.98. The van der Waals surface area contributed by atoms with E-state index in [4.69, 9.17) is 4.74 Å². The van der Waals surface area contributed by atoms with Gasteiger partial charge in [0.05, 0.1) is 12.0 Å². The largest absolute Gasteiger partial charge is 0.369 e. The molecule has 1 aromatic rings. The lowest BCUT2D eigenvalue weighted by molar-refractivity contribution is -0.143. The molecule has 3 heterocycles. The van der Waals surface area contributed by atoms with Gasteiger partial charge in [-0.25, -0.2) is 8.78 Å². The Balaban J connectivity index is 1.50. The first-order valence-electron chi connectivity index (χ1n) is 12.6. The standard InChI is InChI=1S/C26H36F2N4O4/c1-16(2)13-20(25(35)32-14-19(23(27)28)22-26(32,3)21(33)15-36-22)29-24(34)17-5-7-18(8-6-17)31-11-9-30(4)10-12-31/h5-8,16,19-20,22-23H,9-15H2,1-4H3,(H,29,34)/t19-,20-,22+,26?/m0/s1. The molecule has 0 aromatic heterocycles. The Bertz CT molecular complexity index is 981. The fraction of sp³-hybridized carbons (Fsp3) is 0.654. The molecule has 1 aromatic carbocycles. The monoisotopic (exact) mass is 506 g/mol. The maximum absolute atomic E-state index is 13.7. The van der Waals surface area contributed by atoms with Gasteiger partial charge in [0.2, 0.25) is 12.3 Å². The number of Topliss-reactive ketones (excluding diaryl/α,β-unsaturated/α-hetero) is 1. The molecule has 3 saturated heterocycles. The second-order valence-corrected chi connectivity index (χ2v) is 10.7. The van der Waals surface area contributed by atoms with E-state index in [2.05, 4.69) is 22.2 Å². The van der Waals surface area contributed by atoms with Gasteiger partial charge in [-0.1, -0.05) is 13.8 Å². The quantitative estimate of drug-likeness (QED) is 0.610. The van der Waals surface area contributed by atoms with Crippen LogP contribution in [0.15, 0.2) is 24.3 Å². The van der Waals surface area contributed by atoms with Gasteiger partial charge in [-0.15, -0.1) is 0 Å². The molecule has 10 heteroatoms. The van der Waals surface area contributed by atoms with E-state index < -0.39 is 47.6 Å². The molecule has 1 N–H and O–H groups in total.